The van der Waals surface area contributed by atoms with Crippen LogP contribution in [0.3, 0.4) is 0 Å². The van der Waals surface area contributed by atoms with E-state index in [0.29, 0.717) is 29.3 Å². The molecule has 0 saturated carbocycles. The van der Waals surface area contributed by atoms with Gasteiger partial charge in [-0.05, 0) is 54.1 Å². The zero-order valence-electron chi connectivity index (χ0n) is 16.6. The molecule has 4 nitrogen and oxygen atoms in total. The summed E-state index contributed by atoms with van der Waals surface area (Å²) in [5, 5.41) is 11.0. The molecule has 32 heavy (non-hydrogen) atoms. The minimum absolute atomic E-state index is 0.318. The molecule has 5 rings (SSSR count). The van der Waals surface area contributed by atoms with Crippen LogP contribution in [0.1, 0.15) is 34.5 Å². The van der Waals surface area contributed by atoms with Crippen molar-refractivity contribution in [3.8, 4) is 10.6 Å². The largest absolute Gasteiger partial charge is 0.416 e. The molecule has 0 aliphatic heterocycles. The number of fused-ring (bicyclic) bond motifs is 1. The number of alkyl halides is 3. The van der Waals surface area contributed by atoms with Gasteiger partial charge in [0.1, 0.15) is 5.69 Å². The van der Waals surface area contributed by atoms with Crippen LogP contribution in [-0.4, -0.2) is 20.0 Å². The molecule has 0 radical (unpaired) electrons. The molecule has 1 aliphatic rings. The lowest BCUT2D eigenvalue weighted by atomic mass is 9.94. The predicted molar refractivity (Wildman–Crippen MR) is 119 cm³/mol. The van der Waals surface area contributed by atoms with Crippen molar-refractivity contribution in [1.82, 2.24) is 20.0 Å². The molecule has 9 heteroatoms. The van der Waals surface area contributed by atoms with Crippen LogP contribution in [0.25, 0.3) is 21.2 Å². The number of halogens is 4. The highest BCUT2D eigenvalue weighted by Gasteiger charge is 2.30. The van der Waals surface area contributed by atoms with Crippen LogP contribution in [0.15, 0.2) is 60.1 Å². The monoisotopic (exact) mass is 472 g/mol. The van der Waals surface area contributed by atoms with Crippen LogP contribution in [0, 0.1) is 0 Å². The van der Waals surface area contributed by atoms with E-state index >= 15 is 0 Å². The molecule has 0 bridgehead atoms. The molecular weight excluding hydrogens is 457 g/mol. The standard InChI is InChI=1S/C23H16ClF3N4S/c24-22-16-8-10-19(21-2-1-11-32-21)28-18(16)9-7-17(22)20-13-31(30-29-20)12-14-3-5-15(6-4-14)23(25,26)27/h1-6,8,10-11,13H,7,9,12H2. The number of rotatable bonds is 4. The van der Waals surface area contributed by atoms with E-state index in [1.807, 2.05) is 29.6 Å². The first-order valence-corrected chi connectivity index (χ1v) is 11.1. The molecule has 162 valence electrons. The fraction of sp³-hybridized carbons (Fsp3) is 0.174. The maximum absolute atomic E-state index is 12.7. The molecule has 1 aromatic carbocycles. The Bertz CT molecular complexity index is 1290. The van der Waals surface area contributed by atoms with Crippen molar-refractivity contribution in [3.63, 3.8) is 0 Å². The molecule has 1 aliphatic carbocycles. The summed E-state index contributed by atoms with van der Waals surface area (Å²) in [5.41, 5.74) is 4.38. The van der Waals surface area contributed by atoms with Gasteiger partial charge in [0.15, 0.2) is 0 Å². The topological polar surface area (TPSA) is 43.6 Å². The van der Waals surface area contributed by atoms with E-state index in [1.54, 1.807) is 22.2 Å². The van der Waals surface area contributed by atoms with E-state index in [4.69, 9.17) is 16.6 Å². The number of aromatic nitrogens is 4. The molecule has 0 fully saturated rings. The van der Waals surface area contributed by atoms with Crippen LogP contribution in [0.5, 0.6) is 0 Å². The third kappa shape index (κ3) is 4.08. The Kier molecular flexibility index (Phi) is 5.35. The van der Waals surface area contributed by atoms with Crippen molar-refractivity contribution in [3.05, 3.63) is 88.2 Å². The van der Waals surface area contributed by atoms with E-state index in [-0.39, 0.29) is 0 Å². The molecule has 3 heterocycles. The van der Waals surface area contributed by atoms with Gasteiger partial charge in [0.25, 0.3) is 0 Å². The Morgan fingerprint density at radius 2 is 1.81 bits per heavy atom. The fourth-order valence-electron chi connectivity index (χ4n) is 3.71. The smallest absolute Gasteiger partial charge is 0.251 e. The highest BCUT2D eigenvalue weighted by molar-refractivity contribution is 7.13. The van der Waals surface area contributed by atoms with Crippen LogP contribution >= 0.6 is 22.9 Å². The lowest BCUT2D eigenvalue weighted by Crippen LogP contribution is -2.06. The molecular formula is C23H16ClF3N4S. The lowest BCUT2D eigenvalue weighted by Gasteiger charge is -2.18. The van der Waals surface area contributed by atoms with Crippen molar-refractivity contribution in [2.24, 2.45) is 0 Å². The first kappa shape index (κ1) is 20.9. The number of benzene rings is 1. The van der Waals surface area contributed by atoms with Gasteiger partial charge in [0.2, 0.25) is 0 Å². The number of hydrogen-bond donors (Lipinski definition) is 0. The minimum atomic E-state index is -4.35. The Hall–Kier alpha value is -2.97. The summed E-state index contributed by atoms with van der Waals surface area (Å²) in [6.07, 6.45) is -1.15. The van der Waals surface area contributed by atoms with Crippen LogP contribution < -0.4 is 0 Å². The molecule has 0 spiro atoms. The van der Waals surface area contributed by atoms with Crippen LogP contribution in [0.4, 0.5) is 13.2 Å². The van der Waals surface area contributed by atoms with E-state index in [1.165, 1.54) is 12.1 Å². The second-order valence-corrected chi connectivity index (χ2v) is 8.78. The van der Waals surface area contributed by atoms with Gasteiger partial charge < -0.3 is 0 Å². The second kappa shape index (κ2) is 8.18. The first-order chi connectivity index (χ1) is 15.4. The van der Waals surface area contributed by atoms with Gasteiger partial charge in [-0.25, -0.2) is 4.68 Å². The first-order valence-electron chi connectivity index (χ1n) is 9.88. The third-order valence-corrected chi connectivity index (χ3v) is 6.66. The van der Waals surface area contributed by atoms with E-state index < -0.39 is 11.7 Å². The Morgan fingerprint density at radius 1 is 1.00 bits per heavy atom. The molecule has 4 aromatic rings. The van der Waals surface area contributed by atoms with Crippen molar-refractivity contribution in [1.29, 1.82) is 0 Å². The molecule has 0 amide bonds. The van der Waals surface area contributed by atoms with Gasteiger partial charge in [-0.15, -0.1) is 16.4 Å². The number of thiophene rings is 1. The summed E-state index contributed by atoms with van der Waals surface area (Å²) in [4.78, 5) is 5.91. The lowest BCUT2D eigenvalue weighted by molar-refractivity contribution is -0.137. The summed E-state index contributed by atoms with van der Waals surface area (Å²) in [7, 11) is 0. The van der Waals surface area contributed by atoms with E-state index in [9.17, 15) is 13.2 Å². The van der Waals surface area contributed by atoms with Gasteiger partial charge >= 0.3 is 6.18 Å². The molecule has 0 unspecified atom stereocenters. The van der Waals surface area contributed by atoms with Crippen LogP contribution in [0.2, 0.25) is 0 Å². The average molecular weight is 473 g/mol. The number of nitrogens with zero attached hydrogens (tertiary/aromatic N) is 4. The maximum Gasteiger partial charge on any atom is 0.416 e. The minimum Gasteiger partial charge on any atom is -0.251 e. The zero-order chi connectivity index (χ0) is 22.3. The third-order valence-electron chi connectivity index (χ3n) is 5.33. The number of hydrogen-bond acceptors (Lipinski definition) is 4. The predicted octanol–water partition coefficient (Wildman–Crippen LogP) is 6.52. The summed E-state index contributed by atoms with van der Waals surface area (Å²) in [6.45, 7) is 0.318. The van der Waals surface area contributed by atoms with Crippen molar-refractivity contribution in [2.45, 2.75) is 25.6 Å². The molecule has 0 N–H and O–H groups in total. The number of pyridine rings is 1. The Morgan fingerprint density at radius 3 is 2.53 bits per heavy atom. The quantitative estimate of drug-likeness (QED) is 0.339. The molecule has 3 aromatic heterocycles. The highest BCUT2D eigenvalue weighted by atomic mass is 35.5. The molecule has 0 saturated heterocycles. The Labute approximate surface area is 191 Å². The van der Waals surface area contributed by atoms with Crippen LogP contribution in [-0.2, 0) is 19.1 Å². The van der Waals surface area contributed by atoms with E-state index in [2.05, 4.69) is 10.3 Å². The summed E-state index contributed by atoms with van der Waals surface area (Å²) >= 11 is 8.36. The fourth-order valence-corrected chi connectivity index (χ4v) is 4.77. The SMILES string of the molecule is FC(F)(F)c1ccc(Cn2cc(C3=C(Cl)c4ccc(-c5cccs5)nc4CC3)nn2)cc1. The van der Waals surface area contributed by atoms with Gasteiger partial charge in [-0.3, -0.25) is 4.98 Å². The molecule has 0 atom stereocenters. The van der Waals surface area contributed by atoms with E-state index in [0.717, 1.165) is 46.0 Å². The van der Waals surface area contributed by atoms with Gasteiger partial charge in [-0.2, -0.15) is 13.2 Å². The summed E-state index contributed by atoms with van der Waals surface area (Å²) in [5.74, 6) is 0. The highest BCUT2D eigenvalue weighted by Crippen LogP contribution is 2.39. The summed E-state index contributed by atoms with van der Waals surface area (Å²) < 4.78 is 39.8. The van der Waals surface area contributed by atoms with Crippen molar-refractivity contribution in [2.75, 3.05) is 0 Å². The normalized spacial score (nSPS) is 14.0. The second-order valence-electron chi connectivity index (χ2n) is 7.46. The average Bonchev–Trinajstić information content (AvgIpc) is 3.46. The van der Waals surface area contributed by atoms with Gasteiger partial charge in [-0.1, -0.05) is 35.0 Å². The van der Waals surface area contributed by atoms with Gasteiger partial charge in [0, 0.05) is 11.1 Å². The van der Waals surface area contributed by atoms with Crippen molar-refractivity contribution < 1.29 is 13.2 Å². The maximum atomic E-state index is 12.7. The Balaban J connectivity index is 1.37. The summed E-state index contributed by atoms with van der Waals surface area (Å²) in [6, 6.07) is 13.0. The number of aryl methyl sites for hydroxylation is 1. The van der Waals surface area contributed by atoms with Gasteiger partial charge in [0.05, 0.1) is 39.6 Å². The van der Waals surface area contributed by atoms with Crippen molar-refractivity contribution >= 4 is 33.5 Å². The zero-order valence-corrected chi connectivity index (χ0v) is 18.2. The number of allylic oxidation sites excluding steroid dienone is 1.